The number of nitrogens with zero attached hydrogens (tertiary/aromatic N) is 2. The van der Waals surface area contributed by atoms with Gasteiger partial charge in [-0.05, 0) is 36.8 Å². The van der Waals surface area contributed by atoms with Gasteiger partial charge >= 0.3 is 5.97 Å². The summed E-state index contributed by atoms with van der Waals surface area (Å²) in [6.45, 7) is 1.83. The minimum atomic E-state index is -0.611. The smallest absolute Gasteiger partial charge is 0.379 e. The predicted octanol–water partition coefficient (Wildman–Crippen LogP) is 2.75. The molecule has 3 heterocycles. The van der Waals surface area contributed by atoms with Crippen molar-refractivity contribution in [1.29, 1.82) is 5.26 Å². The van der Waals surface area contributed by atoms with Gasteiger partial charge in [-0.3, -0.25) is 5.10 Å². The lowest BCUT2D eigenvalue weighted by molar-refractivity contribution is 0.0701. The number of aromatic nitrogens is 2. The van der Waals surface area contributed by atoms with E-state index in [0.717, 1.165) is 11.3 Å². The maximum atomic E-state index is 12.1. The lowest BCUT2D eigenvalue weighted by atomic mass is 9.84. The molecule has 0 aliphatic carbocycles. The number of hydrogen-bond acceptors (Lipinski definition) is 7. The van der Waals surface area contributed by atoms with Gasteiger partial charge in [0.25, 0.3) is 0 Å². The van der Waals surface area contributed by atoms with Gasteiger partial charge in [-0.1, -0.05) is 12.1 Å². The highest BCUT2D eigenvalue weighted by molar-refractivity contribution is 5.88. The first-order valence-electron chi connectivity index (χ1n) is 8.06. The zero-order valence-electron chi connectivity index (χ0n) is 14.2. The number of benzene rings is 1. The molecule has 27 heavy (non-hydrogen) atoms. The fourth-order valence-corrected chi connectivity index (χ4v) is 3.04. The Hall–Kier alpha value is -3.99. The van der Waals surface area contributed by atoms with Gasteiger partial charge in [-0.2, -0.15) is 5.26 Å². The number of hydrogen-bond donors (Lipinski definition) is 2. The number of aryl methyl sites for hydroxylation is 1. The monoisotopic (exact) mass is 362 g/mol. The molecule has 1 unspecified atom stereocenters. The van der Waals surface area contributed by atoms with Crippen LogP contribution in [0, 0.1) is 18.3 Å². The van der Waals surface area contributed by atoms with Crippen LogP contribution in [0.5, 0.6) is 11.6 Å². The number of aromatic amines is 1. The summed E-state index contributed by atoms with van der Waals surface area (Å²) in [5, 5.41) is 16.5. The van der Waals surface area contributed by atoms with E-state index in [9.17, 15) is 10.1 Å². The van der Waals surface area contributed by atoms with Crippen LogP contribution in [-0.4, -0.2) is 16.2 Å². The molecule has 0 bridgehead atoms. The summed E-state index contributed by atoms with van der Waals surface area (Å²) in [4.78, 5) is 12.1. The molecule has 0 fully saturated rings. The van der Waals surface area contributed by atoms with Gasteiger partial charge in [0.2, 0.25) is 17.5 Å². The van der Waals surface area contributed by atoms with Crippen LogP contribution in [0.2, 0.25) is 0 Å². The first kappa shape index (κ1) is 16.5. The highest BCUT2D eigenvalue weighted by Crippen LogP contribution is 2.43. The summed E-state index contributed by atoms with van der Waals surface area (Å²) in [7, 11) is 0. The van der Waals surface area contributed by atoms with Gasteiger partial charge in [0.05, 0.1) is 12.2 Å². The van der Waals surface area contributed by atoms with Crippen molar-refractivity contribution in [2.45, 2.75) is 12.8 Å². The molecule has 0 saturated carbocycles. The second-order valence-corrected chi connectivity index (χ2v) is 5.93. The summed E-state index contributed by atoms with van der Waals surface area (Å²) in [6.07, 6.45) is 1.39. The fraction of sp³-hybridized carbons (Fsp3) is 0.105. The van der Waals surface area contributed by atoms with Crippen LogP contribution in [0.1, 0.15) is 33.3 Å². The van der Waals surface area contributed by atoms with Gasteiger partial charge in [0, 0.05) is 11.3 Å². The van der Waals surface area contributed by atoms with E-state index in [1.807, 2.05) is 13.0 Å². The molecular formula is C19H14N4O4. The quantitative estimate of drug-likeness (QED) is 0.541. The molecule has 1 aromatic carbocycles. The number of nitrogens with two attached hydrogens (primary N) is 1. The zero-order chi connectivity index (χ0) is 19.0. The third kappa shape index (κ3) is 2.81. The highest BCUT2D eigenvalue weighted by Gasteiger charge is 2.34. The minimum Gasteiger partial charge on any atom is -0.457 e. The molecule has 0 radical (unpaired) electrons. The molecule has 0 saturated heterocycles. The van der Waals surface area contributed by atoms with Crippen molar-refractivity contribution in [3.63, 3.8) is 0 Å². The first-order valence-corrected chi connectivity index (χ1v) is 8.06. The minimum absolute atomic E-state index is 0.000478. The number of nitriles is 1. The Labute approximate surface area is 153 Å². The maximum Gasteiger partial charge on any atom is 0.379 e. The molecule has 3 aromatic rings. The Bertz CT molecular complexity index is 1090. The highest BCUT2D eigenvalue weighted by atomic mass is 16.5. The molecule has 4 rings (SSSR count). The normalized spacial score (nSPS) is 15.6. The van der Waals surface area contributed by atoms with Crippen LogP contribution in [0.3, 0.4) is 0 Å². The second kappa shape index (κ2) is 6.38. The van der Waals surface area contributed by atoms with Crippen molar-refractivity contribution >= 4 is 5.97 Å². The summed E-state index contributed by atoms with van der Waals surface area (Å²) >= 11 is 0. The molecule has 2 aromatic heterocycles. The molecule has 0 spiro atoms. The fourth-order valence-electron chi connectivity index (χ4n) is 3.04. The molecular weight excluding hydrogens is 348 g/mol. The van der Waals surface area contributed by atoms with E-state index in [-0.39, 0.29) is 17.2 Å². The SMILES string of the molecule is Cc1[nH]nc2c1C(c1cccc(OC(=O)c3ccco3)c1)C(C#N)=C(N)O2. The third-order valence-electron chi connectivity index (χ3n) is 4.25. The van der Waals surface area contributed by atoms with Gasteiger partial charge in [-0.25, -0.2) is 4.79 Å². The van der Waals surface area contributed by atoms with E-state index in [4.69, 9.17) is 19.6 Å². The number of carbonyl (C=O) groups excluding carboxylic acids is 1. The molecule has 1 aliphatic heterocycles. The zero-order valence-corrected chi connectivity index (χ0v) is 14.2. The van der Waals surface area contributed by atoms with Crippen LogP contribution in [0.4, 0.5) is 0 Å². The van der Waals surface area contributed by atoms with Crippen LogP contribution in [0.25, 0.3) is 0 Å². The average Bonchev–Trinajstić information content (AvgIpc) is 3.31. The first-order chi connectivity index (χ1) is 13.1. The van der Waals surface area contributed by atoms with E-state index < -0.39 is 11.9 Å². The number of allylic oxidation sites excluding steroid dienone is 1. The summed E-state index contributed by atoms with van der Waals surface area (Å²) < 4.78 is 15.9. The van der Waals surface area contributed by atoms with E-state index >= 15 is 0 Å². The molecule has 134 valence electrons. The van der Waals surface area contributed by atoms with Crippen molar-refractivity contribution < 1.29 is 18.7 Å². The molecule has 3 N–H and O–H groups in total. The predicted molar refractivity (Wildman–Crippen MR) is 92.7 cm³/mol. The topological polar surface area (TPSA) is 127 Å². The molecule has 1 atom stereocenters. The number of esters is 1. The maximum absolute atomic E-state index is 12.1. The number of H-pyrrole nitrogens is 1. The van der Waals surface area contributed by atoms with Crippen LogP contribution >= 0.6 is 0 Å². The summed E-state index contributed by atoms with van der Waals surface area (Å²) in [5.41, 5.74) is 8.36. The van der Waals surface area contributed by atoms with Crippen molar-refractivity contribution in [3.05, 3.63) is 76.7 Å². The van der Waals surface area contributed by atoms with E-state index in [1.54, 1.807) is 24.3 Å². The lowest BCUT2D eigenvalue weighted by Gasteiger charge is -2.23. The van der Waals surface area contributed by atoms with Crippen LogP contribution in [0.15, 0.2) is 58.5 Å². The Kier molecular flexibility index (Phi) is 3.90. The van der Waals surface area contributed by atoms with E-state index in [0.29, 0.717) is 17.2 Å². The third-order valence-corrected chi connectivity index (χ3v) is 4.25. The van der Waals surface area contributed by atoms with Gasteiger partial charge < -0.3 is 19.6 Å². The van der Waals surface area contributed by atoms with Gasteiger partial charge in [0.15, 0.2) is 0 Å². The number of ether oxygens (including phenoxy) is 2. The van der Waals surface area contributed by atoms with Crippen LogP contribution < -0.4 is 15.2 Å². The standard InChI is InChI=1S/C19H14N4O4/c1-10-15-16(13(9-20)17(21)27-18(15)23-22-10)11-4-2-5-12(8-11)26-19(24)14-6-3-7-25-14/h2-8,16H,21H2,1H3,(H,22,23). The van der Waals surface area contributed by atoms with Crippen molar-refractivity contribution in [2.75, 3.05) is 0 Å². The Morgan fingerprint density at radius 2 is 2.22 bits per heavy atom. The van der Waals surface area contributed by atoms with E-state index in [2.05, 4.69) is 16.3 Å². The Morgan fingerprint density at radius 3 is 2.96 bits per heavy atom. The van der Waals surface area contributed by atoms with Crippen molar-refractivity contribution in [3.8, 4) is 17.7 Å². The molecule has 0 amide bonds. The second-order valence-electron chi connectivity index (χ2n) is 5.93. The summed E-state index contributed by atoms with van der Waals surface area (Å²) in [5.74, 6) is -0.355. The lowest BCUT2D eigenvalue weighted by Crippen LogP contribution is -2.21. The Morgan fingerprint density at radius 1 is 1.37 bits per heavy atom. The van der Waals surface area contributed by atoms with Crippen molar-refractivity contribution in [2.24, 2.45) is 5.73 Å². The number of carbonyl (C=O) groups is 1. The average molecular weight is 362 g/mol. The van der Waals surface area contributed by atoms with Crippen molar-refractivity contribution in [1.82, 2.24) is 10.2 Å². The van der Waals surface area contributed by atoms with Crippen LogP contribution in [-0.2, 0) is 0 Å². The molecule has 1 aliphatic rings. The summed E-state index contributed by atoms with van der Waals surface area (Å²) in [6, 6.07) is 12.1. The number of furan rings is 1. The van der Waals surface area contributed by atoms with Gasteiger partial charge in [-0.15, -0.1) is 5.10 Å². The van der Waals surface area contributed by atoms with Gasteiger partial charge in [0.1, 0.15) is 17.4 Å². The number of fused-ring (bicyclic) bond motifs is 1. The number of rotatable bonds is 3. The molecule has 8 nitrogen and oxygen atoms in total. The Balaban J connectivity index is 1.74. The largest absolute Gasteiger partial charge is 0.457 e. The molecule has 8 heteroatoms. The number of nitrogens with one attached hydrogen (secondary N) is 1. The van der Waals surface area contributed by atoms with E-state index in [1.165, 1.54) is 12.3 Å².